The van der Waals surface area contributed by atoms with E-state index in [0.29, 0.717) is 32.6 Å². The van der Waals surface area contributed by atoms with Crippen LogP contribution in [0.2, 0.25) is 0 Å². The van der Waals surface area contributed by atoms with Crippen molar-refractivity contribution in [3.8, 4) is 6.07 Å². The highest BCUT2D eigenvalue weighted by Gasteiger charge is 2.22. The molecule has 0 aliphatic carbocycles. The van der Waals surface area contributed by atoms with Crippen LogP contribution in [0.1, 0.15) is 24.0 Å². The summed E-state index contributed by atoms with van der Waals surface area (Å²) in [6.07, 6.45) is 1.08. The molecule has 0 aromatic heterocycles. The molecule has 5 nitrogen and oxygen atoms in total. The first-order valence-electron chi connectivity index (χ1n) is 7.59. The number of rotatable bonds is 3. The largest absolute Gasteiger partial charge is 0.341 e. The molecule has 0 radical (unpaired) electrons. The number of nitriles is 1. The van der Waals surface area contributed by atoms with Gasteiger partial charge in [-0.15, -0.1) is 0 Å². The number of nitrogens with zero attached hydrogens (tertiary/aromatic N) is 3. The van der Waals surface area contributed by atoms with Crippen LogP contribution >= 0.6 is 0 Å². The maximum Gasteiger partial charge on any atom is 0.236 e. The number of aryl methyl sites for hydroxylation is 1. The average molecular weight is 299 g/mol. The molecule has 0 N–H and O–H groups in total. The van der Waals surface area contributed by atoms with Crippen LogP contribution in [-0.4, -0.2) is 47.8 Å². The molecule has 1 aliphatic heterocycles. The molecule has 116 valence electrons. The number of carbonyl (C=O) groups is 2. The fourth-order valence-electron chi connectivity index (χ4n) is 2.68. The van der Waals surface area contributed by atoms with Crippen molar-refractivity contribution < 1.29 is 9.59 Å². The number of amides is 2. The fourth-order valence-corrected chi connectivity index (χ4v) is 2.68. The minimum absolute atomic E-state index is 0.0862. The van der Waals surface area contributed by atoms with Gasteiger partial charge in [-0.2, -0.15) is 5.26 Å². The number of benzene rings is 1. The Balaban J connectivity index is 1.93. The lowest BCUT2D eigenvalue weighted by Crippen LogP contribution is -2.37. The Morgan fingerprint density at radius 2 is 1.73 bits per heavy atom. The summed E-state index contributed by atoms with van der Waals surface area (Å²) in [5.74, 6) is -0.0421. The Hall–Kier alpha value is -2.35. The van der Waals surface area contributed by atoms with Crippen molar-refractivity contribution in [1.82, 2.24) is 9.80 Å². The maximum atomic E-state index is 12.4. The Labute approximate surface area is 131 Å². The second kappa shape index (κ2) is 7.60. The Morgan fingerprint density at radius 3 is 2.36 bits per heavy atom. The Morgan fingerprint density at radius 1 is 1.09 bits per heavy atom. The number of hydrogen-bond acceptors (Lipinski definition) is 3. The summed E-state index contributed by atoms with van der Waals surface area (Å²) in [5.41, 5.74) is 2.17. The van der Waals surface area contributed by atoms with E-state index in [-0.39, 0.29) is 18.2 Å². The van der Waals surface area contributed by atoms with Gasteiger partial charge in [-0.1, -0.05) is 24.3 Å². The fraction of sp³-hybridized carbons (Fsp3) is 0.471. The zero-order chi connectivity index (χ0) is 15.9. The summed E-state index contributed by atoms with van der Waals surface area (Å²) in [5, 5.41) is 8.61. The van der Waals surface area contributed by atoms with Gasteiger partial charge in [0.1, 0.15) is 6.42 Å². The molecule has 1 fully saturated rings. The van der Waals surface area contributed by atoms with E-state index in [4.69, 9.17) is 5.26 Å². The van der Waals surface area contributed by atoms with E-state index in [1.807, 2.05) is 42.2 Å². The van der Waals surface area contributed by atoms with Crippen LogP contribution in [0.4, 0.5) is 0 Å². The lowest BCUT2D eigenvalue weighted by atomic mass is 10.1. The quantitative estimate of drug-likeness (QED) is 0.850. The van der Waals surface area contributed by atoms with Crippen molar-refractivity contribution in [3.05, 3.63) is 35.4 Å². The van der Waals surface area contributed by atoms with E-state index in [1.165, 1.54) is 0 Å². The van der Waals surface area contributed by atoms with Crippen LogP contribution in [0.15, 0.2) is 24.3 Å². The van der Waals surface area contributed by atoms with Gasteiger partial charge < -0.3 is 9.80 Å². The molecule has 0 atom stereocenters. The number of carbonyl (C=O) groups excluding carboxylic acids is 2. The summed E-state index contributed by atoms with van der Waals surface area (Å²) in [4.78, 5) is 27.7. The predicted octanol–water partition coefficient (Wildman–Crippen LogP) is 1.51. The smallest absolute Gasteiger partial charge is 0.236 e. The van der Waals surface area contributed by atoms with E-state index in [9.17, 15) is 9.59 Å². The third-order valence-corrected chi connectivity index (χ3v) is 4.03. The summed E-state index contributed by atoms with van der Waals surface area (Å²) in [6.45, 7) is 4.35. The standard InChI is InChI=1S/C17H21N3O2/c1-14-5-2-3-6-15(14)13-17(22)20-10-4-9-19(11-12-20)16(21)7-8-18/h2-3,5-6H,4,7,9-13H2,1H3. The monoisotopic (exact) mass is 299 g/mol. The minimum Gasteiger partial charge on any atom is -0.341 e. The van der Waals surface area contributed by atoms with Crippen molar-refractivity contribution in [1.29, 1.82) is 5.26 Å². The second-order valence-corrected chi connectivity index (χ2v) is 5.55. The topological polar surface area (TPSA) is 64.4 Å². The number of hydrogen-bond donors (Lipinski definition) is 0. The third-order valence-electron chi connectivity index (χ3n) is 4.03. The Kier molecular flexibility index (Phi) is 5.54. The molecule has 1 aromatic carbocycles. The van der Waals surface area contributed by atoms with E-state index >= 15 is 0 Å². The first-order valence-corrected chi connectivity index (χ1v) is 7.59. The molecule has 0 spiro atoms. The molecule has 0 unspecified atom stereocenters. The van der Waals surface area contributed by atoms with Gasteiger partial charge in [0.25, 0.3) is 0 Å². The van der Waals surface area contributed by atoms with E-state index < -0.39 is 0 Å². The van der Waals surface area contributed by atoms with Gasteiger partial charge >= 0.3 is 0 Å². The molecule has 2 amide bonds. The van der Waals surface area contributed by atoms with Gasteiger partial charge in [0.15, 0.2) is 0 Å². The van der Waals surface area contributed by atoms with Crippen LogP contribution in [0.3, 0.4) is 0 Å². The summed E-state index contributed by atoms with van der Waals surface area (Å²) < 4.78 is 0. The first kappa shape index (κ1) is 16.0. The average Bonchev–Trinajstić information content (AvgIpc) is 2.76. The molecule has 1 heterocycles. The van der Waals surface area contributed by atoms with Crippen molar-refractivity contribution in [2.24, 2.45) is 0 Å². The molecule has 0 bridgehead atoms. The molecular weight excluding hydrogens is 278 g/mol. The molecule has 5 heteroatoms. The summed E-state index contributed by atoms with van der Waals surface area (Å²) in [6, 6.07) is 9.78. The van der Waals surface area contributed by atoms with Crippen LogP contribution < -0.4 is 0 Å². The van der Waals surface area contributed by atoms with Crippen molar-refractivity contribution in [3.63, 3.8) is 0 Å². The van der Waals surface area contributed by atoms with Gasteiger partial charge in [0.2, 0.25) is 11.8 Å². The summed E-state index contributed by atoms with van der Waals surface area (Å²) in [7, 11) is 0. The second-order valence-electron chi connectivity index (χ2n) is 5.55. The van der Waals surface area contributed by atoms with Crippen molar-refractivity contribution in [2.45, 2.75) is 26.2 Å². The lowest BCUT2D eigenvalue weighted by molar-refractivity contribution is -0.132. The Bertz CT molecular complexity index is 592. The highest BCUT2D eigenvalue weighted by Crippen LogP contribution is 2.11. The van der Waals surface area contributed by atoms with Gasteiger partial charge in [-0.3, -0.25) is 9.59 Å². The van der Waals surface area contributed by atoms with Gasteiger partial charge in [0.05, 0.1) is 12.5 Å². The van der Waals surface area contributed by atoms with E-state index in [2.05, 4.69) is 0 Å². The van der Waals surface area contributed by atoms with Crippen molar-refractivity contribution >= 4 is 11.8 Å². The lowest BCUT2D eigenvalue weighted by Gasteiger charge is -2.22. The highest BCUT2D eigenvalue weighted by atomic mass is 16.2. The normalized spacial score (nSPS) is 15.1. The van der Waals surface area contributed by atoms with E-state index in [1.54, 1.807) is 4.90 Å². The first-order chi connectivity index (χ1) is 10.6. The van der Waals surface area contributed by atoms with Crippen LogP contribution in [0.5, 0.6) is 0 Å². The van der Waals surface area contributed by atoms with Gasteiger partial charge in [0, 0.05) is 26.2 Å². The SMILES string of the molecule is Cc1ccccc1CC(=O)N1CCCN(C(=O)CC#N)CC1. The summed E-state index contributed by atoms with van der Waals surface area (Å²) >= 11 is 0. The molecule has 1 aromatic rings. The zero-order valence-corrected chi connectivity index (χ0v) is 12.9. The molecule has 0 saturated carbocycles. The van der Waals surface area contributed by atoms with Crippen LogP contribution in [0, 0.1) is 18.3 Å². The predicted molar refractivity (Wildman–Crippen MR) is 82.9 cm³/mol. The zero-order valence-electron chi connectivity index (χ0n) is 12.9. The highest BCUT2D eigenvalue weighted by molar-refractivity contribution is 5.80. The van der Waals surface area contributed by atoms with Crippen molar-refractivity contribution in [2.75, 3.05) is 26.2 Å². The van der Waals surface area contributed by atoms with Gasteiger partial charge in [-0.25, -0.2) is 0 Å². The molecular formula is C17H21N3O2. The molecule has 1 saturated heterocycles. The van der Waals surface area contributed by atoms with Crippen LogP contribution in [-0.2, 0) is 16.0 Å². The molecule has 22 heavy (non-hydrogen) atoms. The van der Waals surface area contributed by atoms with Crippen LogP contribution in [0.25, 0.3) is 0 Å². The minimum atomic E-state index is -0.143. The van der Waals surface area contributed by atoms with Gasteiger partial charge in [-0.05, 0) is 24.5 Å². The third kappa shape index (κ3) is 4.08. The maximum absolute atomic E-state index is 12.4. The molecule has 2 rings (SSSR count). The molecule has 1 aliphatic rings. The van der Waals surface area contributed by atoms with E-state index in [0.717, 1.165) is 17.5 Å².